The van der Waals surface area contributed by atoms with E-state index in [9.17, 15) is 0 Å². The lowest BCUT2D eigenvalue weighted by molar-refractivity contribution is 0.115. The van der Waals surface area contributed by atoms with E-state index < -0.39 is 0 Å². The summed E-state index contributed by atoms with van der Waals surface area (Å²) in [6.07, 6.45) is 2.51. The molecule has 1 fully saturated rings. The Kier molecular flexibility index (Phi) is 5.23. The van der Waals surface area contributed by atoms with E-state index in [0.717, 1.165) is 37.9 Å². The first-order valence-electron chi connectivity index (χ1n) is 7.38. The average Bonchev–Trinajstić information content (AvgIpc) is 2.43. The molecule has 0 aromatic heterocycles. The lowest BCUT2D eigenvalue weighted by Gasteiger charge is -2.38. The van der Waals surface area contributed by atoms with E-state index in [4.69, 9.17) is 10.5 Å². The second-order valence-electron chi connectivity index (χ2n) is 5.57. The Morgan fingerprint density at radius 2 is 2.05 bits per heavy atom. The average molecular weight is 262 g/mol. The van der Waals surface area contributed by atoms with E-state index in [0.29, 0.717) is 6.04 Å². The number of nitrogens with two attached hydrogens (primary N) is 1. The van der Waals surface area contributed by atoms with Crippen molar-refractivity contribution in [3.8, 4) is 5.75 Å². The molecule has 0 bridgehead atoms. The Hall–Kier alpha value is -1.06. The van der Waals surface area contributed by atoms with Crippen molar-refractivity contribution < 1.29 is 4.74 Å². The van der Waals surface area contributed by atoms with E-state index in [1.807, 2.05) is 6.92 Å². The van der Waals surface area contributed by atoms with Gasteiger partial charge < -0.3 is 10.5 Å². The first-order valence-corrected chi connectivity index (χ1v) is 7.38. The van der Waals surface area contributed by atoms with Gasteiger partial charge in [0.1, 0.15) is 5.75 Å². The van der Waals surface area contributed by atoms with Crippen molar-refractivity contribution in [1.29, 1.82) is 0 Å². The summed E-state index contributed by atoms with van der Waals surface area (Å²) < 4.78 is 5.47. The molecular formula is C16H26N2O. The van der Waals surface area contributed by atoms with Crippen molar-refractivity contribution in [2.24, 2.45) is 11.7 Å². The molecule has 19 heavy (non-hydrogen) atoms. The van der Waals surface area contributed by atoms with Gasteiger partial charge in [0, 0.05) is 19.1 Å². The fourth-order valence-corrected chi connectivity index (χ4v) is 2.85. The Labute approximate surface area is 116 Å². The standard InChI is InChI=1S/C16H26N2O/c1-3-19-16-6-4-14(5-7-16)12-18-9-8-13(2)10-15(18)11-17/h4-7,13,15H,3,8-12,17H2,1-2H3. The zero-order chi connectivity index (χ0) is 13.7. The molecule has 0 spiro atoms. The summed E-state index contributed by atoms with van der Waals surface area (Å²) in [4.78, 5) is 2.52. The lowest BCUT2D eigenvalue weighted by atomic mass is 9.92. The maximum absolute atomic E-state index is 5.91. The van der Waals surface area contributed by atoms with Gasteiger partial charge in [-0.25, -0.2) is 0 Å². The van der Waals surface area contributed by atoms with Gasteiger partial charge in [-0.3, -0.25) is 4.90 Å². The molecule has 2 rings (SSSR count). The first kappa shape index (κ1) is 14.4. The SMILES string of the molecule is CCOc1ccc(CN2CCC(C)CC2CN)cc1. The van der Waals surface area contributed by atoms with Crippen molar-refractivity contribution in [3.63, 3.8) is 0 Å². The highest BCUT2D eigenvalue weighted by molar-refractivity contribution is 5.27. The second kappa shape index (κ2) is 6.92. The number of benzene rings is 1. The van der Waals surface area contributed by atoms with E-state index in [1.54, 1.807) is 0 Å². The normalized spacial score (nSPS) is 24.4. The molecule has 0 radical (unpaired) electrons. The molecule has 1 aromatic carbocycles. The number of ether oxygens (including phenoxy) is 1. The summed E-state index contributed by atoms with van der Waals surface area (Å²) in [5, 5.41) is 0. The molecule has 1 saturated heterocycles. The third-order valence-electron chi connectivity index (χ3n) is 3.99. The number of hydrogen-bond acceptors (Lipinski definition) is 3. The molecule has 0 amide bonds. The van der Waals surface area contributed by atoms with Gasteiger partial charge in [0.05, 0.1) is 6.61 Å². The topological polar surface area (TPSA) is 38.5 Å². The summed E-state index contributed by atoms with van der Waals surface area (Å²) in [5.41, 5.74) is 7.26. The molecule has 106 valence electrons. The van der Waals surface area contributed by atoms with Crippen molar-refractivity contribution in [3.05, 3.63) is 29.8 Å². The minimum Gasteiger partial charge on any atom is -0.494 e. The highest BCUT2D eigenvalue weighted by atomic mass is 16.5. The minimum absolute atomic E-state index is 0.537. The van der Waals surface area contributed by atoms with Gasteiger partial charge in [0.2, 0.25) is 0 Å². The zero-order valence-corrected chi connectivity index (χ0v) is 12.1. The van der Waals surface area contributed by atoms with E-state index in [1.165, 1.54) is 18.4 Å². The maximum Gasteiger partial charge on any atom is 0.119 e. The molecule has 2 unspecified atom stereocenters. The molecule has 1 aliphatic rings. The van der Waals surface area contributed by atoms with Crippen LogP contribution in [-0.4, -0.2) is 30.6 Å². The Bertz CT molecular complexity index is 377. The third kappa shape index (κ3) is 3.95. The molecule has 3 heteroatoms. The molecule has 1 heterocycles. The molecular weight excluding hydrogens is 236 g/mol. The van der Waals surface area contributed by atoms with Gasteiger partial charge in [-0.05, 0) is 49.9 Å². The molecule has 3 nitrogen and oxygen atoms in total. The van der Waals surface area contributed by atoms with Crippen LogP contribution in [0.15, 0.2) is 24.3 Å². The van der Waals surface area contributed by atoms with Crippen LogP contribution in [0.1, 0.15) is 32.3 Å². The monoisotopic (exact) mass is 262 g/mol. The van der Waals surface area contributed by atoms with Crippen LogP contribution >= 0.6 is 0 Å². The number of nitrogens with zero attached hydrogens (tertiary/aromatic N) is 1. The largest absolute Gasteiger partial charge is 0.494 e. The van der Waals surface area contributed by atoms with Crippen LogP contribution in [0, 0.1) is 5.92 Å². The van der Waals surface area contributed by atoms with Gasteiger partial charge in [0.25, 0.3) is 0 Å². The van der Waals surface area contributed by atoms with Crippen LogP contribution in [0.25, 0.3) is 0 Å². The highest BCUT2D eigenvalue weighted by Gasteiger charge is 2.24. The van der Waals surface area contributed by atoms with Crippen molar-refractivity contribution in [2.75, 3.05) is 19.7 Å². The van der Waals surface area contributed by atoms with Crippen LogP contribution in [0.5, 0.6) is 5.75 Å². The maximum atomic E-state index is 5.91. The summed E-state index contributed by atoms with van der Waals surface area (Å²) in [6, 6.07) is 8.98. The molecule has 0 saturated carbocycles. The van der Waals surface area contributed by atoms with Crippen LogP contribution in [0.4, 0.5) is 0 Å². The fourth-order valence-electron chi connectivity index (χ4n) is 2.85. The van der Waals surface area contributed by atoms with E-state index >= 15 is 0 Å². The number of rotatable bonds is 5. The third-order valence-corrected chi connectivity index (χ3v) is 3.99. The van der Waals surface area contributed by atoms with Gasteiger partial charge in [0.15, 0.2) is 0 Å². The highest BCUT2D eigenvalue weighted by Crippen LogP contribution is 2.24. The Morgan fingerprint density at radius 3 is 2.68 bits per heavy atom. The lowest BCUT2D eigenvalue weighted by Crippen LogP contribution is -2.45. The molecule has 1 aliphatic heterocycles. The second-order valence-corrected chi connectivity index (χ2v) is 5.57. The molecule has 0 aliphatic carbocycles. The van der Waals surface area contributed by atoms with Crippen molar-refractivity contribution in [2.45, 2.75) is 39.3 Å². The molecule has 2 atom stereocenters. The van der Waals surface area contributed by atoms with E-state index in [2.05, 4.69) is 36.1 Å². The van der Waals surface area contributed by atoms with Crippen molar-refractivity contribution in [1.82, 2.24) is 4.90 Å². The summed E-state index contributed by atoms with van der Waals surface area (Å²) >= 11 is 0. The number of likely N-dealkylation sites (tertiary alicyclic amines) is 1. The minimum atomic E-state index is 0.537. The predicted molar refractivity (Wildman–Crippen MR) is 79.3 cm³/mol. The van der Waals surface area contributed by atoms with Gasteiger partial charge >= 0.3 is 0 Å². The first-order chi connectivity index (χ1) is 9.22. The Balaban J connectivity index is 1.95. The van der Waals surface area contributed by atoms with Gasteiger partial charge in [-0.1, -0.05) is 19.1 Å². The van der Waals surface area contributed by atoms with Gasteiger partial charge in [-0.15, -0.1) is 0 Å². The van der Waals surface area contributed by atoms with Gasteiger partial charge in [-0.2, -0.15) is 0 Å². The van der Waals surface area contributed by atoms with Crippen LogP contribution in [0.2, 0.25) is 0 Å². The predicted octanol–water partition coefficient (Wildman–Crippen LogP) is 2.64. The smallest absolute Gasteiger partial charge is 0.119 e. The summed E-state index contributed by atoms with van der Waals surface area (Å²) in [7, 11) is 0. The molecule has 2 N–H and O–H groups in total. The van der Waals surface area contributed by atoms with Crippen LogP contribution < -0.4 is 10.5 Å². The number of piperidine rings is 1. The number of hydrogen-bond donors (Lipinski definition) is 1. The van der Waals surface area contributed by atoms with Crippen LogP contribution in [-0.2, 0) is 6.54 Å². The quantitative estimate of drug-likeness (QED) is 0.886. The van der Waals surface area contributed by atoms with E-state index in [-0.39, 0.29) is 0 Å². The Morgan fingerprint density at radius 1 is 1.32 bits per heavy atom. The summed E-state index contributed by atoms with van der Waals surface area (Å²) in [5.74, 6) is 1.76. The van der Waals surface area contributed by atoms with Crippen LogP contribution in [0.3, 0.4) is 0 Å². The van der Waals surface area contributed by atoms with Crippen molar-refractivity contribution >= 4 is 0 Å². The molecule has 1 aromatic rings. The zero-order valence-electron chi connectivity index (χ0n) is 12.1. The fraction of sp³-hybridized carbons (Fsp3) is 0.625. The summed E-state index contributed by atoms with van der Waals surface area (Å²) in [6.45, 7) is 7.99.